The van der Waals surface area contributed by atoms with Gasteiger partial charge in [-0.3, -0.25) is 4.79 Å². The lowest BCUT2D eigenvalue weighted by Gasteiger charge is -2.12. The predicted molar refractivity (Wildman–Crippen MR) is 90.0 cm³/mol. The molecule has 1 aliphatic rings. The first-order chi connectivity index (χ1) is 11.7. The number of anilines is 1. The van der Waals surface area contributed by atoms with E-state index in [1.54, 1.807) is 30.3 Å². The van der Waals surface area contributed by atoms with Crippen molar-refractivity contribution in [1.29, 1.82) is 0 Å². The summed E-state index contributed by atoms with van der Waals surface area (Å²) < 4.78 is 16.1. The van der Waals surface area contributed by atoms with E-state index in [0.717, 1.165) is 6.42 Å². The monoisotopic (exact) mass is 348 g/mol. The van der Waals surface area contributed by atoms with Gasteiger partial charge in [0.25, 0.3) is 5.91 Å². The van der Waals surface area contributed by atoms with Crippen molar-refractivity contribution in [1.82, 2.24) is 4.98 Å². The topological polar surface area (TPSA) is 69.7 Å². The van der Waals surface area contributed by atoms with Gasteiger partial charge < -0.3 is 19.5 Å². The molecule has 1 aliphatic heterocycles. The lowest BCUT2D eigenvalue weighted by atomic mass is 10.2. The highest BCUT2D eigenvalue weighted by Gasteiger charge is 2.18. The van der Waals surface area contributed by atoms with Crippen LogP contribution in [0.2, 0.25) is 5.02 Å². The van der Waals surface area contributed by atoms with Crippen LogP contribution in [0.4, 0.5) is 5.69 Å². The first-order valence-corrected chi connectivity index (χ1v) is 7.89. The molecule has 1 aromatic heterocycles. The highest BCUT2D eigenvalue weighted by Crippen LogP contribution is 2.28. The molecule has 126 valence electrons. The van der Waals surface area contributed by atoms with Gasteiger partial charge in [-0.1, -0.05) is 11.6 Å². The van der Waals surface area contributed by atoms with Crippen LogP contribution in [-0.4, -0.2) is 37.3 Å². The summed E-state index contributed by atoms with van der Waals surface area (Å²) in [7, 11) is 1.53. The third kappa shape index (κ3) is 3.96. The molecule has 1 unspecified atom stereocenters. The van der Waals surface area contributed by atoms with Crippen LogP contribution < -0.4 is 14.8 Å². The number of carbonyl (C=O) groups excluding carboxylic acids is 1. The average molecular weight is 349 g/mol. The number of amides is 1. The zero-order chi connectivity index (χ0) is 16.9. The number of aromatic nitrogens is 1. The van der Waals surface area contributed by atoms with Crippen LogP contribution in [0, 0.1) is 0 Å². The smallest absolute Gasteiger partial charge is 0.257 e. The Balaban J connectivity index is 1.67. The first kappa shape index (κ1) is 16.5. The van der Waals surface area contributed by atoms with Gasteiger partial charge in [0.1, 0.15) is 11.9 Å². The summed E-state index contributed by atoms with van der Waals surface area (Å²) in [5, 5.41) is 3.27. The van der Waals surface area contributed by atoms with Crippen molar-refractivity contribution in [3.05, 3.63) is 47.1 Å². The SMILES string of the molecule is COc1ccc(Cl)cc1NC(=O)c1ccc(OC2CCOC2)nc1. The van der Waals surface area contributed by atoms with Crippen molar-refractivity contribution >= 4 is 23.2 Å². The third-order valence-corrected chi connectivity index (χ3v) is 3.82. The Morgan fingerprint density at radius 3 is 2.92 bits per heavy atom. The highest BCUT2D eigenvalue weighted by atomic mass is 35.5. The molecule has 0 aliphatic carbocycles. The van der Waals surface area contributed by atoms with Crippen LogP contribution in [0.15, 0.2) is 36.5 Å². The van der Waals surface area contributed by atoms with Gasteiger partial charge in [-0.25, -0.2) is 4.98 Å². The minimum absolute atomic E-state index is 0.0212. The van der Waals surface area contributed by atoms with E-state index in [0.29, 0.717) is 41.1 Å². The van der Waals surface area contributed by atoms with Crippen molar-refractivity contribution in [2.45, 2.75) is 12.5 Å². The molecule has 6 nitrogen and oxygen atoms in total. The molecule has 1 fully saturated rings. The molecular weight excluding hydrogens is 332 g/mol. The number of methoxy groups -OCH3 is 1. The molecule has 7 heteroatoms. The van der Waals surface area contributed by atoms with Gasteiger partial charge in [0, 0.05) is 23.7 Å². The zero-order valence-electron chi connectivity index (χ0n) is 13.1. The summed E-state index contributed by atoms with van der Waals surface area (Å²) >= 11 is 5.96. The maximum absolute atomic E-state index is 12.3. The standard InChI is InChI=1S/C17H17ClN2O4/c1-22-15-4-3-12(18)8-14(15)20-17(21)11-2-5-16(19-9-11)24-13-6-7-23-10-13/h2-5,8-9,13H,6-7,10H2,1H3,(H,20,21). The van der Waals surface area contributed by atoms with E-state index in [9.17, 15) is 4.79 Å². The Hall–Kier alpha value is -2.31. The number of ether oxygens (including phenoxy) is 3. The van der Waals surface area contributed by atoms with Gasteiger partial charge in [0.2, 0.25) is 5.88 Å². The number of rotatable bonds is 5. The van der Waals surface area contributed by atoms with Gasteiger partial charge in [-0.2, -0.15) is 0 Å². The molecule has 0 saturated carbocycles. The van der Waals surface area contributed by atoms with Gasteiger partial charge >= 0.3 is 0 Å². The summed E-state index contributed by atoms with van der Waals surface area (Å²) in [5.74, 6) is 0.697. The number of halogens is 1. The van der Waals surface area contributed by atoms with Crippen LogP contribution in [-0.2, 0) is 4.74 Å². The van der Waals surface area contributed by atoms with E-state index in [-0.39, 0.29) is 12.0 Å². The summed E-state index contributed by atoms with van der Waals surface area (Å²) in [6, 6.07) is 8.34. The van der Waals surface area contributed by atoms with E-state index in [4.69, 9.17) is 25.8 Å². The van der Waals surface area contributed by atoms with Gasteiger partial charge in [-0.05, 0) is 24.3 Å². The summed E-state index contributed by atoms with van der Waals surface area (Å²) in [6.07, 6.45) is 2.34. The van der Waals surface area contributed by atoms with Crippen molar-refractivity contribution in [3.63, 3.8) is 0 Å². The van der Waals surface area contributed by atoms with Crippen LogP contribution in [0.1, 0.15) is 16.8 Å². The number of carbonyl (C=O) groups is 1. The Kier molecular flexibility index (Phi) is 5.17. The number of nitrogens with zero attached hydrogens (tertiary/aromatic N) is 1. The molecule has 1 amide bonds. The van der Waals surface area contributed by atoms with E-state index < -0.39 is 0 Å². The molecule has 1 N–H and O–H groups in total. The minimum Gasteiger partial charge on any atom is -0.495 e. The van der Waals surface area contributed by atoms with Crippen molar-refractivity contribution in [2.24, 2.45) is 0 Å². The van der Waals surface area contributed by atoms with Crippen molar-refractivity contribution < 1.29 is 19.0 Å². The van der Waals surface area contributed by atoms with E-state index >= 15 is 0 Å². The highest BCUT2D eigenvalue weighted by molar-refractivity contribution is 6.31. The maximum Gasteiger partial charge on any atom is 0.257 e. The molecule has 24 heavy (non-hydrogen) atoms. The molecule has 0 radical (unpaired) electrons. The Morgan fingerprint density at radius 2 is 2.25 bits per heavy atom. The first-order valence-electron chi connectivity index (χ1n) is 7.51. The normalized spacial score (nSPS) is 16.7. The molecule has 1 aromatic carbocycles. The second-order valence-electron chi connectivity index (χ2n) is 5.29. The lowest BCUT2D eigenvalue weighted by Crippen LogP contribution is -2.17. The Morgan fingerprint density at radius 1 is 1.38 bits per heavy atom. The van der Waals surface area contributed by atoms with Crippen LogP contribution in [0.25, 0.3) is 0 Å². The molecule has 1 atom stereocenters. The predicted octanol–water partition coefficient (Wildman–Crippen LogP) is 3.16. The number of hydrogen-bond donors (Lipinski definition) is 1. The van der Waals surface area contributed by atoms with Gasteiger partial charge in [-0.15, -0.1) is 0 Å². The van der Waals surface area contributed by atoms with E-state index in [2.05, 4.69) is 10.3 Å². The fraction of sp³-hybridized carbons (Fsp3) is 0.294. The number of nitrogens with one attached hydrogen (secondary N) is 1. The van der Waals surface area contributed by atoms with Crippen LogP contribution in [0.5, 0.6) is 11.6 Å². The minimum atomic E-state index is -0.307. The van der Waals surface area contributed by atoms with Crippen LogP contribution in [0.3, 0.4) is 0 Å². The maximum atomic E-state index is 12.3. The molecule has 0 spiro atoms. The Labute approximate surface area is 144 Å². The molecule has 2 aromatic rings. The fourth-order valence-electron chi connectivity index (χ4n) is 2.33. The average Bonchev–Trinajstić information content (AvgIpc) is 3.09. The second-order valence-corrected chi connectivity index (χ2v) is 5.72. The molecule has 2 heterocycles. The van der Waals surface area contributed by atoms with E-state index in [1.807, 2.05) is 0 Å². The number of benzene rings is 1. The molecule has 0 bridgehead atoms. The fourth-order valence-corrected chi connectivity index (χ4v) is 2.51. The van der Waals surface area contributed by atoms with Crippen molar-refractivity contribution in [2.75, 3.05) is 25.6 Å². The molecular formula is C17H17ClN2O4. The number of pyridine rings is 1. The summed E-state index contributed by atoms with van der Waals surface area (Å²) in [5.41, 5.74) is 0.908. The van der Waals surface area contributed by atoms with E-state index in [1.165, 1.54) is 13.3 Å². The quantitative estimate of drug-likeness (QED) is 0.898. The molecule has 1 saturated heterocycles. The number of hydrogen-bond acceptors (Lipinski definition) is 5. The van der Waals surface area contributed by atoms with Gasteiger partial charge in [0.15, 0.2) is 0 Å². The Bertz CT molecular complexity index is 715. The summed E-state index contributed by atoms with van der Waals surface area (Å²) in [4.78, 5) is 16.5. The lowest BCUT2D eigenvalue weighted by molar-refractivity contribution is 0.102. The second kappa shape index (κ2) is 7.51. The third-order valence-electron chi connectivity index (χ3n) is 3.58. The van der Waals surface area contributed by atoms with Crippen LogP contribution >= 0.6 is 11.6 Å². The van der Waals surface area contributed by atoms with Gasteiger partial charge in [0.05, 0.1) is 31.6 Å². The zero-order valence-corrected chi connectivity index (χ0v) is 13.9. The molecule has 3 rings (SSSR count). The summed E-state index contributed by atoms with van der Waals surface area (Å²) in [6.45, 7) is 1.27. The van der Waals surface area contributed by atoms with Crippen molar-refractivity contribution in [3.8, 4) is 11.6 Å². The largest absolute Gasteiger partial charge is 0.495 e.